The van der Waals surface area contributed by atoms with Crippen LogP contribution in [0.2, 0.25) is 0 Å². The third kappa shape index (κ3) is 3.57. The van der Waals surface area contributed by atoms with Crippen LogP contribution in [-0.2, 0) is 13.5 Å². The summed E-state index contributed by atoms with van der Waals surface area (Å²) < 4.78 is 4.10. The molecule has 3 aromatic carbocycles. The highest BCUT2D eigenvalue weighted by Crippen LogP contribution is 2.33. The molecule has 0 unspecified atom stereocenters. The fraction of sp³-hybridized carbons (Fsp3) is 0.179. The lowest BCUT2D eigenvalue weighted by Crippen LogP contribution is -2.09. The summed E-state index contributed by atoms with van der Waals surface area (Å²) in [6.07, 6.45) is 5.42. The molecule has 0 amide bonds. The highest BCUT2D eigenvalue weighted by molar-refractivity contribution is 5.99. The molecular formula is C28H26N4O2. The lowest BCUT2D eigenvalue weighted by molar-refractivity contribution is 0.0697. The van der Waals surface area contributed by atoms with Crippen molar-refractivity contribution in [2.75, 3.05) is 0 Å². The molecule has 0 fully saturated rings. The van der Waals surface area contributed by atoms with Crippen LogP contribution in [-0.4, -0.2) is 30.2 Å². The molecule has 0 saturated carbocycles. The molecule has 0 radical (unpaired) electrons. The average Bonchev–Trinajstić information content (AvgIpc) is 3.42. The zero-order valence-corrected chi connectivity index (χ0v) is 19.5. The van der Waals surface area contributed by atoms with Crippen LogP contribution in [0.5, 0.6) is 0 Å². The Bertz CT molecular complexity index is 1510. The fourth-order valence-electron chi connectivity index (χ4n) is 4.64. The number of imidazole rings is 2. The maximum atomic E-state index is 12.4. The second kappa shape index (κ2) is 8.63. The summed E-state index contributed by atoms with van der Waals surface area (Å²) in [6.45, 7) is 4.01. The summed E-state index contributed by atoms with van der Waals surface area (Å²) >= 11 is 0. The van der Waals surface area contributed by atoms with Gasteiger partial charge in [-0.3, -0.25) is 4.57 Å². The van der Waals surface area contributed by atoms with Crippen LogP contribution >= 0.6 is 0 Å². The van der Waals surface area contributed by atoms with Gasteiger partial charge in [0.05, 0.1) is 22.3 Å². The first-order valence-electron chi connectivity index (χ1n) is 11.4. The topological polar surface area (TPSA) is 72.9 Å². The first-order chi connectivity index (χ1) is 16.5. The molecule has 0 aliphatic heterocycles. The number of aromatic carboxylic acids is 1. The van der Waals surface area contributed by atoms with Crippen molar-refractivity contribution in [1.82, 2.24) is 19.1 Å². The van der Waals surface area contributed by atoms with Gasteiger partial charge in [0.15, 0.2) is 0 Å². The molecule has 6 nitrogen and oxygen atoms in total. The number of nitrogens with zero attached hydrogens (tertiary/aromatic N) is 4. The van der Waals surface area contributed by atoms with Gasteiger partial charge in [-0.2, -0.15) is 0 Å². The van der Waals surface area contributed by atoms with E-state index in [0.29, 0.717) is 16.7 Å². The first-order valence-corrected chi connectivity index (χ1v) is 11.4. The molecule has 5 aromatic rings. The Morgan fingerprint density at radius 2 is 1.82 bits per heavy atom. The van der Waals surface area contributed by atoms with E-state index in [4.69, 9.17) is 4.98 Å². The SMILES string of the molecule is CCCc1nc2ccc(-c3nccn3C)cc2n1-c1ccc(-c2ccccc2)c(C(=O)O)c1C. The van der Waals surface area contributed by atoms with Gasteiger partial charge < -0.3 is 9.67 Å². The second-order valence-electron chi connectivity index (χ2n) is 8.48. The molecule has 0 atom stereocenters. The van der Waals surface area contributed by atoms with Gasteiger partial charge in [-0.05, 0) is 54.3 Å². The smallest absolute Gasteiger partial charge is 0.336 e. The predicted octanol–water partition coefficient (Wildman–Crippen LogP) is 6.05. The summed E-state index contributed by atoms with van der Waals surface area (Å²) in [5.74, 6) is 0.851. The first kappa shape index (κ1) is 21.6. The lowest BCUT2D eigenvalue weighted by Gasteiger charge is -2.17. The Balaban J connectivity index is 1.78. The normalized spacial score (nSPS) is 11.3. The van der Waals surface area contributed by atoms with Gasteiger partial charge in [0, 0.05) is 31.4 Å². The van der Waals surface area contributed by atoms with Gasteiger partial charge in [0.1, 0.15) is 11.6 Å². The van der Waals surface area contributed by atoms with Gasteiger partial charge in [0.2, 0.25) is 0 Å². The van der Waals surface area contributed by atoms with E-state index < -0.39 is 5.97 Å². The number of carboxylic acids is 1. The Morgan fingerprint density at radius 3 is 2.50 bits per heavy atom. The zero-order valence-electron chi connectivity index (χ0n) is 19.5. The summed E-state index contributed by atoms with van der Waals surface area (Å²) in [4.78, 5) is 21.8. The molecule has 0 aliphatic carbocycles. The minimum Gasteiger partial charge on any atom is -0.478 e. The lowest BCUT2D eigenvalue weighted by atomic mass is 9.94. The molecule has 2 heterocycles. The molecule has 170 valence electrons. The second-order valence-corrected chi connectivity index (χ2v) is 8.48. The Labute approximate surface area is 198 Å². The van der Waals surface area contributed by atoms with Crippen LogP contribution in [0.15, 0.2) is 73.1 Å². The summed E-state index contributed by atoms with van der Waals surface area (Å²) in [5, 5.41) is 10.2. The van der Waals surface area contributed by atoms with Crippen LogP contribution in [0, 0.1) is 6.92 Å². The molecule has 34 heavy (non-hydrogen) atoms. The molecule has 2 aromatic heterocycles. The van der Waals surface area contributed by atoms with Gasteiger partial charge in [-0.25, -0.2) is 14.8 Å². The van der Waals surface area contributed by atoms with E-state index >= 15 is 0 Å². The molecule has 0 spiro atoms. The quantitative estimate of drug-likeness (QED) is 0.342. The zero-order chi connectivity index (χ0) is 23.8. The molecular weight excluding hydrogens is 424 g/mol. The maximum absolute atomic E-state index is 12.4. The minimum atomic E-state index is -0.937. The third-order valence-corrected chi connectivity index (χ3v) is 6.25. The van der Waals surface area contributed by atoms with E-state index in [9.17, 15) is 9.90 Å². The van der Waals surface area contributed by atoms with E-state index in [0.717, 1.165) is 52.3 Å². The van der Waals surface area contributed by atoms with Gasteiger partial charge in [-0.1, -0.05) is 43.3 Å². The van der Waals surface area contributed by atoms with E-state index in [1.54, 1.807) is 6.20 Å². The van der Waals surface area contributed by atoms with Crippen molar-refractivity contribution in [2.24, 2.45) is 7.05 Å². The van der Waals surface area contributed by atoms with Gasteiger partial charge in [0.25, 0.3) is 0 Å². The van der Waals surface area contributed by atoms with Gasteiger partial charge in [-0.15, -0.1) is 0 Å². The number of aromatic nitrogens is 4. The van der Waals surface area contributed by atoms with Crippen LogP contribution in [0.4, 0.5) is 0 Å². The van der Waals surface area contributed by atoms with Crippen molar-refractivity contribution < 1.29 is 9.90 Å². The number of hydrogen-bond donors (Lipinski definition) is 1. The van der Waals surface area contributed by atoms with Crippen molar-refractivity contribution in [1.29, 1.82) is 0 Å². The molecule has 1 N–H and O–H groups in total. The summed E-state index contributed by atoms with van der Waals surface area (Å²) in [5.41, 5.74) is 6.27. The van der Waals surface area contributed by atoms with E-state index in [1.165, 1.54) is 0 Å². The standard InChI is InChI=1S/C28H26N4O2/c1-4-8-25-30-22-13-11-20(27-29-15-16-31(27)3)17-24(22)32(25)23-14-12-21(19-9-6-5-7-10-19)26(18(23)2)28(33)34/h5-7,9-17H,4,8H2,1-3H3,(H,33,34). The number of rotatable bonds is 6. The Kier molecular flexibility index (Phi) is 5.49. The monoisotopic (exact) mass is 450 g/mol. The number of fused-ring (bicyclic) bond motifs is 1. The highest BCUT2D eigenvalue weighted by Gasteiger charge is 2.21. The van der Waals surface area contributed by atoms with Crippen molar-refractivity contribution >= 4 is 17.0 Å². The molecule has 5 rings (SSSR count). The highest BCUT2D eigenvalue weighted by atomic mass is 16.4. The third-order valence-electron chi connectivity index (χ3n) is 6.25. The predicted molar refractivity (Wildman–Crippen MR) is 134 cm³/mol. The molecule has 0 bridgehead atoms. The molecule has 0 saturated heterocycles. The van der Waals surface area contributed by atoms with Crippen LogP contribution < -0.4 is 0 Å². The van der Waals surface area contributed by atoms with Crippen molar-refractivity contribution in [2.45, 2.75) is 26.7 Å². The van der Waals surface area contributed by atoms with Crippen molar-refractivity contribution in [3.05, 3.63) is 90.0 Å². The molecule has 6 heteroatoms. The number of hydrogen-bond acceptors (Lipinski definition) is 3. The molecule has 0 aliphatic rings. The number of carboxylic acid groups (broad SMARTS) is 1. The largest absolute Gasteiger partial charge is 0.478 e. The number of carbonyl (C=O) groups is 1. The minimum absolute atomic E-state index is 0.313. The van der Waals surface area contributed by atoms with Crippen LogP contribution in [0.1, 0.15) is 35.1 Å². The Hall–Kier alpha value is -4.19. The maximum Gasteiger partial charge on any atom is 0.336 e. The van der Waals surface area contributed by atoms with E-state index in [1.807, 2.05) is 79.3 Å². The average molecular weight is 451 g/mol. The summed E-state index contributed by atoms with van der Waals surface area (Å²) in [7, 11) is 1.97. The van der Waals surface area contributed by atoms with Crippen LogP contribution in [0.25, 0.3) is 39.2 Å². The fourth-order valence-corrected chi connectivity index (χ4v) is 4.64. The summed E-state index contributed by atoms with van der Waals surface area (Å²) in [6, 6.07) is 19.7. The van der Waals surface area contributed by atoms with Crippen molar-refractivity contribution in [3.63, 3.8) is 0 Å². The van der Waals surface area contributed by atoms with Gasteiger partial charge >= 0.3 is 5.97 Å². The van der Waals surface area contributed by atoms with E-state index in [2.05, 4.69) is 22.5 Å². The number of aryl methyl sites for hydroxylation is 2. The number of benzene rings is 3. The van der Waals surface area contributed by atoms with E-state index in [-0.39, 0.29) is 0 Å². The van der Waals surface area contributed by atoms with Crippen molar-refractivity contribution in [3.8, 4) is 28.2 Å². The van der Waals surface area contributed by atoms with Crippen LogP contribution in [0.3, 0.4) is 0 Å². The Morgan fingerprint density at radius 1 is 1.03 bits per heavy atom.